The Hall–Kier alpha value is -2.86. The number of nitrogens with one attached hydrogen (secondary N) is 3. The maximum absolute atomic E-state index is 12.2. The van der Waals surface area contributed by atoms with Gasteiger partial charge in [0.15, 0.2) is 0 Å². The van der Waals surface area contributed by atoms with E-state index in [-0.39, 0.29) is 12.3 Å². The number of para-hydroxylation sites is 1. The number of hydrogen-bond acceptors (Lipinski definition) is 3. The number of anilines is 2. The molecule has 3 amide bonds. The summed E-state index contributed by atoms with van der Waals surface area (Å²) in [5.74, 6) is -1.21. The Labute approximate surface area is 143 Å². The van der Waals surface area contributed by atoms with Gasteiger partial charge in [0, 0.05) is 10.7 Å². The highest BCUT2D eigenvalue weighted by atomic mass is 35.5. The van der Waals surface area contributed by atoms with Crippen LogP contribution in [0.1, 0.15) is 16.8 Å². The van der Waals surface area contributed by atoms with Gasteiger partial charge < -0.3 is 16.0 Å². The van der Waals surface area contributed by atoms with Crippen molar-refractivity contribution in [2.75, 3.05) is 10.6 Å². The first-order valence-electron chi connectivity index (χ1n) is 7.29. The molecule has 0 saturated heterocycles. The summed E-state index contributed by atoms with van der Waals surface area (Å²) in [5.41, 5.74) is 1.36. The summed E-state index contributed by atoms with van der Waals surface area (Å²) in [6.07, 6.45) is -0.172. The lowest BCUT2D eigenvalue weighted by molar-refractivity contribution is -0.122. The van der Waals surface area contributed by atoms with Crippen molar-refractivity contribution in [2.24, 2.45) is 0 Å². The minimum Gasteiger partial charge on any atom is -0.340 e. The van der Waals surface area contributed by atoms with Gasteiger partial charge in [-0.15, -0.1) is 0 Å². The van der Waals surface area contributed by atoms with Crippen LogP contribution < -0.4 is 16.0 Å². The van der Waals surface area contributed by atoms with Gasteiger partial charge >= 0.3 is 0 Å². The fourth-order valence-electron chi connectivity index (χ4n) is 2.39. The zero-order valence-corrected chi connectivity index (χ0v) is 13.3. The monoisotopic (exact) mass is 343 g/mol. The standard InChI is InChI=1S/C17H14ClN3O3/c18-10-5-7-11(8-6-10)19-15(22)9-14-17(24)20-13-4-2-1-3-12(13)16(23)21-14/h1-8,14H,9H2,(H,19,22)(H,20,24)(H,21,23). The highest BCUT2D eigenvalue weighted by Crippen LogP contribution is 2.19. The molecular formula is C17H14ClN3O3. The number of halogens is 1. The van der Waals surface area contributed by atoms with Crippen molar-refractivity contribution in [2.45, 2.75) is 12.5 Å². The van der Waals surface area contributed by atoms with E-state index < -0.39 is 17.9 Å². The van der Waals surface area contributed by atoms with E-state index >= 15 is 0 Å². The number of amides is 3. The third-order valence-corrected chi connectivity index (χ3v) is 3.82. The second-order valence-electron chi connectivity index (χ2n) is 5.32. The van der Waals surface area contributed by atoms with Crippen LogP contribution in [-0.4, -0.2) is 23.8 Å². The SMILES string of the molecule is O=C(CC1NC(=O)c2ccccc2NC1=O)Nc1ccc(Cl)cc1. The van der Waals surface area contributed by atoms with Crippen LogP contribution in [0.2, 0.25) is 5.02 Å². The van der Waals surface area contributed by atoms with Crippen LogP contribution in [0.15, 0.2) is 48.5 Å². The van der Waals surface area contributed by atoms with Crippen molar-refractivity contribution in [3.05, 3.63) is 59.1 Å². The van der Waals surface area contributed by atoms with Crippen molar-refractivity contribution in [3.63, 3.8) is 0 Å². The first-order valence-corrected chi connectivity index (χ1v) is 7.67. The van der Waals surface area contributed by atoms with E-state index in [2.05, 4.69) is 16.0 Å². The summed E-state index contributed by atoms with van der Waals surface area (Å²) in [7, 11) is 0. The van der Waals surface area contributed by atoms with Gasteiger partial charge in [0.25, 0.3) is 5.91 Å². The van der Waals surface area contributed by atoms with E-state index in [0.29, 0.717) is 22.0 Å². The lowest BCUT2D eigenvalue weighted by Crippen LogP contribution is -2.43. The molecule has 0 bridgehead atoms. The van der Waals surface area contributed by atoms with Gasteiger partial charge in [0.1, 0.15) is 6.04 Å². The van der Waals surface area contributed by atoms with Crippen LogP contribution >= 0.6 is 11.6 Å². The topological polar surface area (TPSA) is 87.3 Å². The number of rotatable bonds is 3. The second-order valence-corrected chi connectivity index (χ2v) is 5.76. The smallest absolute Gasteiger partial charge is 0.254 e. The van der Waals surface area contributed by atoms with Gasteiger partial charge in [0.2, 0.25) is 11.8 Å². The van der Waals surface area contributed by atoms with E-state index in [9.17, 15) is 14.4 Å². The van der Waals surface area contributed by atoms with Gasteiger partial charge in [0.05, 0.1) is 17.7 Å². The molecule has 2 aromatic carbocycles. The molecule has 0 saturated carbocycles. The number of carbonyl (C=O) groups is 3. The average molecular weight is 344 g/mol. The summed E-state index contributed by atoms with van der Waals surface area (Å²) < 4.78 is 0. The Morgan fingerprint density at radius 3 is 2.54 bits per heavy atom. The predicted octanol–water partition coefficient (Wildman–Crippen LogP) is 2.42. The van der Waals surface area contributed by atoms with Crippen molar-refractivity contribution in [3.8, 4) is 0 Å². The fourth-order valence-corrected chi connectivity index (χ4v) is 2.51. The van der Waals surface area contributed by atoms with Crippen LogP contribution in [0.3, 0.4) is 0 Å². The van der Waals surface area contributed by atoms with Gasteiger partial charge in [-0.05, 0) is 36.4 Å². The molecule has 0 spiro atoms. The quantitative estimate of drug-likeness (QED) is 0.799. The number of hydrogen-bond donors (Lipinski definition) is 3. The number of carbonyl (C=O) groups excluding carboxylic acids is 3. The fraction of sp³-hybridized carbons (Fsp3) is 0.118. The van der Waals surface area contributed by atoms with E-state index in [1.165, 1.54) is 0 Å². The van der Waals surface area contributed by atoms with Crippen molar-refractivity contribution in [1.82, 2.24) is 5.32 Å². The minimum atomic E-state index is -0.947. The Morgan fingerprint density at radius 1 is 1.08 bits per heavy atom. The van der Waals surface area contributed by atoms with Crippen LogP contribution in [-0.2, 0) is 9.59 Å². The molecule has 0 radical (unpaired) electrons. The Kier molecular flexibility index (Phi) is 4.48. The lowest BCUT2D eigenvalue weighted by atomic mass is 10.1. The van der Waals surface area contributed by atoms with Crippen molar-refractivity contribution >= 4 is 40.7 Å². The van der Waals surface area contributed by atoms with Gasteiger partial charge in [-0.3, -0.25) is 14.4 Å². The molecule has 122 valence electrons. The van der Waals surface area contributed by atoms with Gasteiger partial charge in [-0.25, -0.2) is 0 Å². The second kappa shape index (κ2) is 6.72. The molecule has 0 aromatic heterocycles. The minimum absolute atomic E-state index is 0.172. The maximum Gasteiger partial charge on any atom is 0.254 e. The van der Waals surface area contributed by atoms with Crippen LogP contribution in [0.4, 0.5) is 11.4 Å². The molecule has 1 aliphatic heterocycles. The molecule has 0 fully saturated rings. The van der Waals surface area contributed by atoms with Crippen molar-refractivity contribution in [1.29, 1.82) is 0 Å². The zero-order valence-electron chi connectivity index (χ0n) is 12.5. The summed E-state index contributed by atoms with van der Waals surface area (Å²) in [6.45, 7) is 0. The van der Waals surface area contributed by atoms with Crippen LogP contribution in [0, 0.1) is 0 Å². The molecule has 1 aliphatic rings. The summed E-state index contributed by atoms with van der Waals surface area (Å²) in [4.78, 5) is 36.5. The van der Waals surface area contributed by atoms with E-state index in [1.807, 2.05) is 0 Å². The van der Waals surface area contributed by atoms with Crippen LogP contribution in [0.5, 0.6) is 0 Å². The molecule has 6 nitrogen and oxygen atoms in total. The maximum atomic E-state index is 12.2. The van der Waals surface area contributed by atoms with Gasteiger partial charge in [-0.2, -0.15) is 0 Å². The summed E-state index contributed by atoms with van der Waals surface area (Å²) >= 11 is 5.79. The highest BCUT2D eigenvalue weighted by Gasteiger charge is 2.29. The highest BCUT2D eigenvalue weighted by molar-refractivity contribution is 6.30. The molecule has 3 rings (SSSR count). The molecule has 1 atom stereocenters. The van der Waals surface area contributed by atoms with E-state index in [1.54, 1.807) is 48.5 Å². The van der Waals surface area contributed by atoms with E-state index in [0.717, 1.165) is 0 Å². The lowest BCUT2D eigenvalue weighted by Gasteiger charge is -2.14. The average Bonchev–Trinajstić information content (AvgIpc) is 2.67. The Morgan fingerprint density at radius 2 is 1.79 bits per heavy atom. The number of benzene rings is 2. The third kappa shape index (κ3) is 3.55. The molecule has 0 aliphatic carbocycles. The molecule has 1 heterocycles. The Bertz CT molecular complexity index is 805. The zero-order chi connectivity index (χ0) is 17.1. The summed E-state index contributed by atoms with van der Waals surface area (Å²) in [5, 5.41) is 8.46. The molecule has 1 unspecified atom stereocenters. The predicted molar refractivity (Wildman–Crippen MR) is 91.0 cm³/mol. The first kappa shape index (κ1) is 16.0. The molecule has 3 N–H and O–H groups in total. The van der Waals surface area contributed by atoms with E-state index in [4.69, 9.17) is 11.6 Å². The third-order valence-electron chi connectivity index (χ3n) is 3.57. The molecular weight excluding hydrogens is 330 g/mol. The largest absolute Gasteiger partial charge is 0.340 e. The molecule has 7 heteroatoms. The molecule has 2 aromatic rings. The van der Waals surface area contributed by atoms with Gasteiger partial charge in [-0.1, -0.05) is 23.7 Å². The molecule has 24 heavy (non-hydrogen) atoms. The Balaban J connectivity index is 1.69. The van der Waals surface area contributed by atoms with Crippen LogP contribution in [0.25, 0.3) is 0 Å². The first-order chi connectivity index (χ1) is 11.5. The normalized spacial score (nSPS) is 16.5. The number of fused-ring (bicyclic) bond motifs is 1. The summed E-state index contributed by atoms with van der Waals surface area (Å²) in [6, 6.07) is 12.3. The van der Waals surface area contributed by atoms with Crippen molar-refractivity contribution < 1.29 is 14.4 Å².